The molecule has 0 spiro atoms. The molecule has 2 heterocycles. The zero-order valence-electron chi connectivity index (χ0n) is 15.6. The molecule has 2 aromatic carbocycles. The molecule has 0 aliphatic carbocycles. The molecule has 0 saturated carbocycles. The highest BCUT2D eigenvalue weighted by atomic mass is 16.4. The standard InChI is InChI=1S/C21H22N4O3/c1-13-6-4-9-16-19(13)24-20(23-16)17-10-5-11-25(17)21(28)14-7-2-3-8-15(14)22-12-18(26)27/h2-4,6-9,17,22H,5,10-12H2,1H3,(H,23,24)(H,26,27)/t17-/m1/s1. The summed E-state index contributed by atoms with van der Waals surface area (Å²) in [5.41, 5.74) is 4.00. The largest absolute Gasteiger partial charge is 0.480 e. The Morgan fingerprint density at radius 2 is 2.07 bits per heavy atom. The number of fused-ring (bicyclic) bond motifs is 1. The van der Waals surface area contributed by atoms with Crippen LogP contribution in [0.15, 0.2) is 42.5 Å². The fourth-order valence-corrected chi connectivity index (χ4v) is 3.80. The maximum Gasteiger partial charge on any atom is 0.322 e. The van der Waals surface area contributed by atoms with Crippen LogP contribution in [0.2, 0.25) is 0 Å². The number of likely N-dealkylation sites (tertiary alicyclic amines) is 1. The lowest BCUT2D eigenvalue weighted by Crippen LogP contribution is -2.32. The molecule has 1 aromatic heterocycles. The van der Waals surface area contributed by atoms with Crippen LogP contribution in [0.3, 0.4) is 0 Å². The number of rotatable bonds is 5. The summed E-state index contributed by atoms with van der Waals surface area (Å²) in [6.07, 6.45) is 1.74. The highest BCUT2D eigenvalue weighted by Gasteiger charge is 2.33. The van der Waals surface area contributed by atoms with E-state index in [1.54, 1.807) is 24.3 Å². The van der Waals surface area contributed by atoms with E-state index >= 15 is 0 Å². The molecule has 7 heteroatoms. The zero-order valence-corrected chi connectivity index (χ0v) is 15.6. The molecule has 1 aliphatic rings. The number of para-hydroxylation sites is 2. The quantitative estimate of drug-likeness (QED) is 0.632. The van der Waals surface area contributed by atoms with Gasteiger partial charge in [-0.2, -0.15) is 0 Å². The molecule has 144 valence electrons. The molecule has 1 amide bonds. The number of aromatic nitrogens is 2. The van der Waals surface area contributed by atoms with Crippen molar-refractivity contribution < 1.29 is 14.7 Å². The zero-order chi connectivity index (χ0) is 19.7. The van der Waals surface area contributed by atoms with Gasteiger partial charge in [-0.05, 0) is 43.5 Å². The van der Waals surface area contributed by atoms with Gasteiger partial charge in [0.25, 0.3) is 5.91 Å². The molecule has 0 bridgehead atoms. The Balaban J connectivity index is 1.64. The summed E-state index contributed by atoms with van der Waals surface area (Å²) in [6, 6.07) is 12.9. The highest BCUT2D eigenvalue weighted by molar-refractivity contribution is 6.00. The molecule has 3 N–H and O–H groups in total. The first-order valence-corrected chi connectivity index (χ1v) is 9.35. The lowest BCUT2D eigenvalue weighted by Gasteiger charge is -2.24. The van der Waals surface area contributed by atoms with Gasteiger partial charge in [0.15, 0.2) is 0 Å². The SMILES string of the molecule is Cc1cccc2[nH]c([C@H]3CCCN3C(=O)c3ccccc3NCC(=O)O)nc12. The Kier molecular flexibility index (Phi) is 4.73. The molecule has 4 rings (SSSR count). The van der Waals surface area contributed by atoms with Gasteiger partial charge in [-0.3, -0.25) is 9.59 Å². The molecule has 0 radical (unpaired) electrons. The normalized spacial score (nSPS) is 16.5. The van der Waals surface area contributed by atoms with Gasteiger partial charge in [0, 0.05) is 12.2 Å². The van der Waals surface area contributed by atoms with E-state index < -0.39 is 5.97 Å². The maximum atomic E-state index is 13.3. The number of amides is 1. The van der Waals surface area contributed by atoms with E-state index in [2.05, 4.69) is 10.3 Å². The summed E-state index contributed by atoms with van der Waals surface area (Å²) in [5, 5.41) is 11.8. The van der Waals surface area contributed by atoms with Gasteiger partial charge >= 0.3 is 5.97 Å². The first kappa shape index (κ1) is 18.0. The molecule has 1 aliphatic heterocycles. The maximum absolute atomic E-state index is 13.3. The lowest BCUT2D eigenvalue weighted by atomic mass is 10.1. The third-order valence-corrected chi connectivity index (χ3v) is 5.15. The molecule has 1 atom stereocenters. The topological polar surface area (TPSA) is 98.3 Å². The van der Waals surface area contributed by atoms with Crippen LogP contribution >= 0.6 is 0 Å². The van der Waals surface area contributed by atoms with E-state index in [1.165, 1.54) is 0 Å². The number of benzene rings is 2. The van der Waals surface area contributed by atoms with Crippen molar-refractivity contribution in [2.24, 2.45) is 0 Å². The number of imidazole rings is 1. The molecule has 0 unspecified atom stereocenters. The van der Waals surface area contributed by atoms with Crippen molar-refractivity contribution in [2.45, 2.75) is 25.8 Å². The molecule has 1 saturated heterocycles. The van der Waals surface area contributed by atoms with E-state index in [1.807, 2.05) is 30.0 Å². The van der Waals surface area contributed by atoms with Gasteiger partial charge in [-0.15, -0.1) is 0 Å². The highest BCUT2D eigenvalue weighted by Crippen LogP contribution is 2.34. The number of carboxylic acid groups (broad SMARTS) is 1. The summed E-state index contributed by atoms with van der Waals surface area (Å²) >= 11 is 0. The van der Waals surface area contributed by atoms with Crippen molar-refractivity contribution in [3.63, 3.8) is 0 Å². The van der Waals surface area contributed by atoms with Gasteiger partial charge < -0.3 is 20.3 Å². The summed E-state index contributed by atoms with van der Waals surface area (Å²) in [7, 11) is 0. The van der Waals surface area contributed by atoms with Crippen LogP contribution in [0.25, 0.3) is 11.0 Å². The molecular weight excluding hydrogens is 356 g/mol. The number of H-pyrrole nitrogens is 1. The second-order valence-corrected chi connectivity index (χ2v) is 7.04. The summed E-state index contributed by atoms with van der Waals surface area (Å²) < 4.78 is 0. The smallest absolute Gasteiger partial charge is 0.322 e. The number of aryl methyl sites for hydroxylation is 1. The van der Waals surface area contributed by atoms with Crippen molar-refractivity contribution in [2.75, 3.05) is 18.4 Å². The van der Waals surface area contributed by atoms with Crippen LogP contribution in [0.1, 0.15) is 40.6 Å². The molecule has 3 aromatic rings. The Bertz CT molecular complexity index is 1040. The average molecular weight is 378 g/mol. The minimum atomic E-state index is -0.973. The monoisotopic (exact) mass is 378 g/mol. The minimum Gasteiger partial charge on any atom is -0.480 e. The van der Waals surface area contributed by atoms with E-state index in [4.69, 9.17) is 10.1 Å². The fourth-order valence-electron chi connectivity index (χ4n) is 3.80. The second kappa shape index (κ2) is 7.34. The average Bonchev–Trinajstić information content (AvgIpc) is 3.33. The van der Waals surface area contributed by atoms with Crippen molar-refractivity contribution in [3.8, 4) is 0 Å². The Morgan fingerprint density at radius 1 is 1.25 bits per heavy atom. The number of hydrogen-bond acceptors (Lipinski definition) is 4. The number of carboxylic acids is 1. The summed E-state index contributed by atoms with van der Waals surface area (Å²) in [4.78, 5) is 34.1. The number of nitrogens with one attached hydrogen (secondary N) is 2. The summed E-state index contributed by atoms with van der Waals surface area (Å²) in [5.74, 6) is -0.293. The molecular formula is C21H22N4O3. The number of nitrogens with zero attached hydrogens (tertiary/aromatic N) is 2. The number of aliphatic carboxylic acids is 1. The van der Waals surface area contributed by atoms with Gasteiger partial charge in [0.1, 0.15) is 12.4 Å². The number of aromatic amines is 1. The van der Waals surface area contributed by atoms with Crippen LogP contribution < -0.4 is 5.32 Å². The van der Waals surface area contributed by atoms with Crippen LogP contribution in [0.5, 0.6) is 0 Å². The number of carbonyl (C=O) groups is 2. The van der Waals surface area contributed by atoms with Crippen molar-refractivity contribution in [1.29, 1.82) is 0 Å². The fraction of sp³-hybridized carbons (Fsp3) is 0.286. The minimum absolute atomic E-state index is 0.117. The lowest BCUT2D eigenvalue weighted by molar-refractivity contribution is -0.134. The first-order chi connectivity index (χ1) is 13.5. The van der Waals surface area contributed by atoms with Gasteiger partial charge in [-0.1, -0.05) is 24.3 Å². The van der Waals surface area contributed by atoms with Crippen LogP contribution in [-0.4, -0.2) is 44.9 Å². The van der Waals surface area contributed by atoms with E-state index in [-0.39, 0.29) is 18.5 Å². The molecule has 7 nitrogen and oxygen atoms in total. The van der Waals surface area contributed by atoms with Crippen LogP contribution in [0.4, 0.5) is 5.69 Å². The Morgan fingerprint density at radius 3 is 2.86 bits per heavy atom. The number of anilines is 1. The number of hydrogen-bond donors (Lipinski definition) is 3. The van der Waals surface area contributed by atoms with Gasteiger partial charge in [0.05, 0.1) is 22.6 Å². The van der Waals surface area contributed by atoms with Crippen LogP contribution in [0, 0.1) is 6.92 Å². The third-order valence-electron chi connectivity index (χ3n) is 5.15. The van der Waals surface area contributed by atoms with E-state index in [0.717, 1.165) is 35.3 Å². The molecule has 1 fully saturated rings. The van der Waals surface area contributed by atoms with E-state index in [0.29, 0.717) is 17.8 Å². The Hall–Kier alpha value is -3.35. The number of carbonyl (C=O) groups excluding carboxylic acids is 1. The van der Waals surface area contributed by atoms with Gasteiger partial charge in [0.2, 0.25) is 0 Å². The van der Waals surface area contributed by atoms with Gasteiger partial charge in [-0.25, -0.2) is 4.98 Å². The third kappa shape index (κ3) is 3.31. The predicted molar refractivity (Wildman–Crippen MR) is 106 cm³/mol. The first-order valence-electron chi connectivity index (χ1n) is 9.35. The van der Waals surface area contributed by atoms with E-state index in [9.17, 15) is 9.59 Å². The molecule has 28 heavy (non-hydrogen) atoms. The van der Waals surface area contributed by atoms with Crippen LogP contribution in [-0.2, 0) is 4.79 Å². The van der Waals surface area contributed by atoms with Crippen molar-refractivity contribution >= 4 is 28.6 Å². The van der Waals surface area contributed by atoms with Crippen molar-refractivity contribution in [1.82, 2.24) is 14.9 Å². The Labute approximate surface area is 162 Å². The van der Waals surface area contributed by atoms with Crippen molar-refractivity contribution in [3.05, 3.63) is 59.4 Å². The summed E-state index contributed by atoms with van der Waals surface area (Å²) in [6.45, 7) is 2.43. The second-order valence-electron chi connectivity index (χ2n) is 7.04. The predicted octanol–water partition coefficient (Wildman–Crippen LogP) is 3.35.